The van der Waals surface area contributed by atoms with Crippen molar-refractivity contribution in [3.63, 3.8) is 0 Å². The number of ether oxygens (including phenoxy) is 1. The fraction of sp³-hybridized carbons (Fsp3) is 0.0833. The van der Waals surface area contributed by atoms with Crippen molar-refractivity contribution in [1.82, 2.24) is 15.0 Å². The largest absolute Gasteiger partial charge is 0.573 e. The van der Waals surface area contributed by atoms with Gasteiger partial charge in [-0.05, 0) is 60.2 Å². The van der Waals surface area contributed by atoms with E-state index in [1.165, 1.54) is 30.5 Å². The molecule has 208 valence electrons. The van der Waals surface area contributed by atoms with Crippen LogP contribution in [0.4, 0.5) is 52.7 Å². The predicted octanol–water partition coefficient (Wildman–Crippen LogP) is 7.58. The van der Waals surface area contributed by atoms with Crippen molar-refractivity contribution in [2.75, 3.05) is 10.7 Å². The Labute approximate surface area is 224 Å². The molecule has 0 saturated carbocycles. The number of halogens is 9. The van der Waals surface area contributed by atoms with Crippen molar-refractivity contribution >= 4 is 35.4 Å². The number of alkyl halides is 6. The molecule has 1 heterocycles. The normalized spacial score (nSPS) is 12.0. The van der Waals surface area contributed by atoms with Crippen LogP contribution in [0.3, 0.4) is 0 Å². The van der Waals surface area contributed by atoms with Gasteiger partial charge in [0.15, 0.2) is 5.82 Å². The van der Waals surface area contributed by atoms with Crippen LogP contribution in [-0.2, 0) is 6.18 Å². The highest BCUT2D eigenvalue weighted by Gasteiger charge is 2.34. The minimum Gasteiger partial charge on any atom is -0.406 e. The summed E-state index contributed by atoms with van der Waals surface area (Å²) < 4.78 is 108. The minimum absolute atomic E-state index is 0.0890. The fourth-order valence-electron chi connectivity index (χ4n) is 3.17. The van der Waals surface area contributed by atoms with E-state index >= 15 is 0 Å². The molecule has 7 nitrogen and oxygen atoms in total. The number of nitrogens with one attached hydrogen (secondary N) is 2. The summed E-state index contributed by atoms with van der Waals surface area (Å²) in [6.45, 7) is 0. The molecule has 0 bridgehead atoms. The maximum atomic E-state index is 14.6. The summed E-state index contributed by atoms with van der Waals surface area (Å²) in [5.41, 5.74) is 0.703. The number of hydrogen-bond acceptors (Lipinski definition) is 7. The van der Waals surface area contributed by atoms with Crippen molar-refractivity contribution in [1.29, 1.82) is 0 Å². The Morgan fingerprint density at radius 1 is 0.825 bits per heavy atom. The number of hydrogen-bond donors (Lipinski definition) is 2. The predicted molar refractivity (Wildman–Crippen MR) is 129 cm³/mol. The van der Waals surface area contributed by atoms with Crippen molar-refractivity contribution in [2.24, 2.45) is 5.10 Å². The van der Waals surface area contributed by atoms with Gasteiger partial charge in [0.1, 0.15) is 17.4 Å². The molecule has 0 saturated heterocycles. The Bertz CT molecular complexity index is 1520. The van der Waals surface area contributed by atoms with Gasteiger partial charge in [0.25, 0.3) is 0 Å². The first-order chi connectivity index (χ1) is 18.8. The second-order valence-corrected chi connectivity index (χ2v) is 8.11. The lowest BCUT2D eigenvalue weighted by molar-refractivity contribution is -0.274. The van der Waals surface area contributed by atoms with Crippen LogP contribution in [0.2, 0.25) is 5.02 Å². The van der Waals surface area contributed by atoms with Crippen LogP contribution >= 0.6 is 11.6 Å². The number of rotatable bonds is 7. The third-order valence-electron chi connectivity index (χ3n) is 4.84. The maximum Gasteiger partial charge on any atom is 0.573 e. The van der Waals surface area contributed by atoms with Gasteiger partial charge in [-0.15, -0.1) is 13.2 Å². The molecule has 0 atom stereocenters. The van der Waals surface area contributed by atoms with E-state index in [0.29, 0.717) is 17.7 Å². The molecule has 16 heteroatoms. The number of anilines is 3. The van der Waals surface area contributed by atoms with E-state index in [1.54, 1.807) is 0 Å². The molecule has 4 aromatic rings. The third kappa shape index (κ3) is 7.31. The van der Waals surface area contributed by atoms with Crippen LogP contribution in [0.1, 0.15) is 11.1 Å². The molecule has 0 aliphatic rings. The molecule has 0 fully saturated rings. The summed E-state index contributed by atoms with van der Waals surface area (Å²) in [6, 6.07) is 10.5. The lowest BCUT2D eigenvalue weighted by atomic mass is 10.2. The molecule has 1 aromatic heterocycles. The summed E-state index contributed by atoms with van der Waals surface area (Å²) in [7, 11) is 0. The van der Waals surface area contributed by atoms with E-state index in [-0.39, 0.29) is 34.0 Å². The molecule has 2 N–H and O–H groups in total. The van der Waals surface area contributed by atoms with E-state index in [9.17, 15) is 35.1 Å². The Balaban J connectivity index is 1.64. The van der Waals surface area contributed by atoms with Gasteiger partial charge >= 0.3 is 12.5 Å². The van der Waals surface area contributed by atoms with Gasteiger partial charge in [-0.1, -0.05) is 17.7 Å². The zero-order valence-electron chi connectivity index (χ0n) is 19.4. The zero-order valence-corrected chi connectivity index (χ0v) is 20.2. The maximum absolute atomic E-state index is 14.6. The number of benzene rings is 3. The molecule has 40 heavy (non-hydrogen) atoms. The molecule has 0 aliphatic carbocycles. The highest BCUT2D eigenvalue weighted by molar-refractivity contribution is 6.33. The van der Waals surface area contributed by atoms with Gasteiger partial charge in [0, 0.05) is 5.69 Å². The van der Waals surface area contributed by atoms with Gasteiger partial charge in [-0.2, -0.15) is 33.2 Å². The Morgan fingerprint density at radius 2 is 1.52 bits per heavy atom. The van der Waals surface area contributed by atoms with Gasteiger partial charge in [0.05, 0.1) is 22.4 Å². The van der Waals surface area contributed by atoms with Crippen LogP contribution in [0.5, 0.6) is 5.75 Å². The summed E-state index contributed by atoms with van der Waals surface area (Å²) >= 11 is 6.10. The topological polar surface area (TPSA) is 84.3 Å². The number of nitrogens with zero attached hydrogens (tertiary/aromatic N) is 4. The average molecular weight is 589 g/mol. The van der Waals surface area contributed by atoms with Crippen molar-refractivity contribution < 1.29 is 39.9 Å². The Kier molecular flexibility index (Phi) is 8.04. The van der Waals surface area contributed by atoms with E-state index in [0.717, 1.165) is 24.3 Å². The van der Waals surface area contributed by atoms with Crippen molar-refractivity contribution in [3.8, 4) is 17.1 Å². The van der Waals surface area contributed by atoms with Crippen molar-refractivity contribution in [2.45, 2.75) is 12.5 Å². The number of hydrazone groups is 1. The molecule has 0 unspecified atom stereocenters. The van der Waals surface area contributed by atoms with Crippen LogP contribution in [-0.4, -0.2) is 27.5 Å². The molecule has 3 aromatic carbocycles. The van der Waals surface area contributed by atoms with Gasteiger partial charge < -0.3 is 10.1 Å². The first-order valence-electron chi connectivity index (χ1n) is 10.8. The standard InChI is InChI=1S/C24H13ClF8N6O/c25-16-2-1-3-18(27)19(16)20-36-21(35-13-6-9-17(26)15(10-13)23(28,29)30)38-22(37-20)39-34-11-12-4-7-14(8-5-12)40-24(31,32)33/h1-11H,(H2,35,36,37,38,39)/b34-11+. The molecule has 0 aliphatic heterocycles. The third-order valence-corrected chi connectivity index (χ3v) is 5.16. The lowest BCUT2D eigenvalue weighted by Gasteiger charge is -2.12. The summed E-state index contributed by atoms with van der Waals surface area (Å²) in [6.07, 6.45) is -8.66. The molecule has 4 rings (SSSR count). The summed E-state index contributed by atoms with van der Waals surface area (Å²) in [5.74, 6) is -3.80. The number of aromatic nitrogens is 3. The molecular weight excluding hydrogens is 576 g/mol. The van der Waals surface area contributed by atoms with Crippen LogP contribution < -0.4 is 15.5 Å². The first-order valence-corrected chi connectivity index (χ1v) is 11.2. The molecule has 0 amide bonds. The second kappa shape index (κ2) is 11.3. The summed E-state index contributed by atoms with van der Waals surface area (Å²) in [4.78, 5) is 12.0. The van der Waals surface area contributed by atoms with Crippen molar-refractivity contribution in [3.05, 3.63) is 88.4 Å². The monoisotopic (exact) mass is 588 g/mol. The Hall–Kier alpha value is -4.53. The highest BCUT2D eigenvalue weighted by atomic mass is 35.5. The SMILES string of the molecule is Fc1ccc(Nc2nc(N/N=C/c3ccc(OC(F)(F)F)cc3)nc(-c3c(F)cccc3Cl)n2)cc1C(F)(F)F. The van der Waals surface area contributed by atoms with Gasteiger partial charge in [-0.3, -0.25) is 0 Å². The quantitative estimate of drug-likeness (QED) is 0.132. The molecular formula is C24H13ClF8N6O. The lowest BCUT2D eigenvalue weighted by Crippen LogP contribution is -2.17. The highest BCUT2D eigenvalue weighted by Crippen LogP contribution is 2.34. The Morgan fingerprint density at radius 3 is 2.17 bits per heavy atom. The molecule has 0 spiro atoms. The second-order valence-electron chi connectivity index (χ2n) is 7.71. The molecule has 0 radical (unpaired) electrons. The first kappa shape index (κ1) is 28.5. The van der Waals surface area contributed by atoms with Gasteiger partial charge in [-0.25, -0.2) is 14.2 Å². The minimum atomic E-state index is -4.98. The van der Waals surface area contributed by atoms with Crippen LogP contribution in [0.25, 0.3) is 11.4 Å². The average Bonchev–Trinajstić information content (AvgIpc) is 2.85. The van der Waals surface area contributed by atoms with E-state index in [2.05, 4.69) is 35.5 Å². The van der Waals surface area contributed by atoms with Crippen LogP contribution in [0.15, 0.2) is 65.8 Å². The van der Waals surface area contributed by atoms with E-state index in [4.69, 9.17) is 11.6 Å². The smallest absolute Gasteiger partial charge is 0.406 e. The zero-order chi connectivity index (χ0) is 29.1. The van der Waals surface area contributed by atoms with Gasteiger partial charge in [0.2, 0.25) is 11.9 Å². The van der Waals surface area contributed by atoms with E-state index < -0.39 is 35.5 Å². The van der Waals surface area contributed by atoms with E-state index in [1.807, 2.05) is 0 Å². The fourth-order valence-corrected chi connectivity index (χ4v) is 3.42. The summed E-state index contributed by atoms with van der Waals surface area (Å²) in [5, 5.41) is 6.24. The van der Waals surface area contributed by atoms with Crippen LogP contribution in [0, 0.1) is 11.6 Å².